The summed E-state index contributed by atoms with van der Waals surface area (Å²) in [4.78, 5) is 20.4. The van der Waals surface area contributed by atoms with Crippen molar-refractivity contribution in [2.75, 3.05) is 10.1 Å². The zero-order valence-corrected chi connectivity index (χ0v) is 17.8. The smallest absolute Gasteiger partial charge is 0.313 e. The molecule has 32 heavy (non-hydrogen) atoms. The van der Waals surface area contributed by atoms with Gasteiger partial charge in [-0.3, -0.25) is 19.9 Å². The number of anilines is 2. The van der Waals surface area contributed by atoms with E-state index in [0.29, 0.717) is 22.1 Å². The highest BCUT2D eigenvalue weighted by molar-refractivity contribution is 7.92. The number of hydrazine groups is 1. The second-order valence-corrected chi connectivity index (χ2v) is 8.50. The Morgan fingerprint density at radius 3 is 2.56 bits per heavy atom. The number of halogens is 1. The molecule has 0 aliphatic heterocycles. The Balaban J connectivity index is 1.44. The molecule has 0 unspecified atom stereocenters. The zero-order chi connectivity index (χ0) is 22.6. The third kappa shape index (κ3) is 5.02. The quantitative estimate of drug-likeness (QED) is 0.349. The molecule has 0 fully saturated rings. The lowest BCUT2D eigenvalue weighted by atomic mass is 10.2. The molecule has 4 aromatic rings. The van der Waals surface area contributed by atoms with Crippen LogP contribution in [0.1, 0.15) is 10.4 Å². The average Bonchev–Trinajstić information content (AvgIpc) is 3.27. The average molecular weight is 471 g/mol. The van der Waals surface area contributed by atoms with Crippen molar-refractivity contribution in [1.82, 2.24) is 20.6 Å². The van der Waals surface area contributed by atoms with E-state index in [-0.39, 0.29) is 16.5 Å². The molecule has 4 rings (SSSR count). The van der Waals surface area contributed by atoms with Gasteiger partial charge in [-0.15, -0.1) is 0 Å². The van der Waals surface area contributed by atoms with Crippen molar-refractivity contribution in [3.8, 4) is 11.4 Å². The number of pyridine rings is 1. The number of nitrogens with zero attached hydrogens (tertiary/aromatic N) is 3. The number of hydrogen-bond acceptors (Lipinski definition) is 8. The van der Waals surface area contributed by atoms with Crippen molar-refractivity contribution in [2.45, 2.75) is 4.90 Å². The molecule has 3 N–H and O–H groups in total. The molecule has 12 heteroatoms. The Labute approximate surface area is 187 Å². The molecular weight excluding hydrogens is 456 g/mol. The van der Waals surface area contributed by atoms with Crippen LogP contribution in [0.3, 0.4) is 0 Å². The Morgan fingerprint density at radius 1 is 1.00 bits per heavy atom. The lowest BCUT2D eigenvalue weighted by molar-refractivity contribution is 0.0961. The molecule has 162 valence electrons. The van der Waals surface area contributed by atoms with Gasteiger partial charge in [-0.2, -0.15) is 4.98 Å². The molecule has 2 aromatic heterocycles. The molecule has 0 aliphatic rings. The Bertz CT molecular complexity index is 1360. The van der Waals surface area contributed by atoms with Crippen LogP contribution in [0.4, 0.5) is 11.7 Å². The van der Waals surface area contributed by atoms with E-state index in [4.69, 9.17) is 16.1 Å². The number of nitrogens with one attached hydrogen (secondary N) is 3. The maximum absolute atomic E-state index is 12.7. The number of sulfonamides is 1. The van der Waals surface area contributed by atoms with E-state index in [1.807, 2.05) is 0 Å². The highest BCUT2D eigenvalue weighted by Gasteiger charge is 2.17. The van der Waals surface area contributed by atoms with Gasteiger partial charge in [0.25, 0.3) is 15.9 Å². The fourth-order valence-corrected chi connectivity index (χ4v) is 3.93. The molecule has 0 saturated heterocycles. The Morgan fingerprint density at radius 2 is 1.78 bits per heavy atom. The van der Waals surface area contributed by atoms with Gasteiger partial charge in [-0.05, 0) is 48.5 Å². The largest absolute Gasteiger partial charge is 0.340 e. The van der Waals surface area contributed by atoms with Crippen LogP contribution >= 0.6 is 11.6 Å². The molecule has 1 amide bonds. The second-order valence-electron chi connectivity index (χ2n) is 6.38. The number of carbonyl (C=O) groups is 1. The summed E-state index contributed by atoms with van der Waals surface area (Å²) >= 11 is 5.89. The van der Waals surface area contributed by atoms with Crippen LogP contribution in [-0.2, 0) is 10.0 Å². The Hall–Kier alpha value is -3.96. The summed E-state index contributed by atoms with van der Waals surface area (Å²) in [6.07, 6.45) is 3.17. The molecular formula is C20H15ClN6O4S. The summed E-state index contributed by atoms with van der Waals surface area (Å²) in [6.45, 7) is 0. The number of benzene rings is 2. The van der Waals surface area contributed by atoms with E-state index in [0.717, 1.165) is 0 Å². The molecule has 2 heterocycles. The van der Waals surface area contributed by atoms with Gasteiger partial charge in [-0.1, -0.05) is 28.9 Å². The monoisotopic (exact) mass is 470 g/mol. The van der Waals surface area contributed by atoms with Gasteiger partial charge >= 0.3 is 6.01 Å². The van der Waals surface area contributed by atoms with Crippen LogP contribution in [0.5, 0.6) is 0 Å². The number of aromatic nitrogens is 3. The van der Waals surface area contributed by atoms with E-state index in [9.17, 15) is 13.2 Å². The van der Waals surface area contributed by atoms with Gasteiger partial charge in [-0.25, -0.2) is 13.8 Å². The first-order valence-electron chi connectivity index (χ1n) is 9.10. The third-order valence-corrected chi connectivity index (χ3v) is 5.74. The number of carbonyl (C=O) groups excluding carboxylic acids is 1. The van der Waals surface area contributed by atoms with Crippen molar-refractivity contribution in [2.24, 2.45) is 0 Å². The van der Waals surface area contributed by atoms with Gasteiger partial charge in [0.15, 0.2) is 0 Å². The predicted octanol–water partition coefficient (Wildman–Crippen LogP) is 3.34. The SMILES string of the molecule is O=C(NNc1nc(-c2ccncc2)no1)c1cccc(S(=O)(=O)Nc2cccc(Cl)c2)c1. The zero-order valence-electron chi connectivity index (χ0n) is 16.2. The van der Waals surface area contributed by atoms with Gasteiger partial charge in [0.2, 0.25) is 5.82 Å². The van der Waals surface area contributed by atoms with Crippen LogP contribution in [0, 0.1) is 0 Å². The normalized spacial score (nSPS) is 11.0. The first-order chi connectivity index (χ1) is 15.4. The summed E-state index contributed by atoms with van der Waals surface area (Å²) in [5.74, 6) is -0.294. The molecule has 0 spiro atoms. The lowest BCUT2D eigenvalue weighted by Gasteiger charge is -2.10. The van der Waals surface area contributed by atoms with Crippen LogP contribution in [-0.4, -0.2) is 29.4 Å². The van der Waals surface area contributed by atoms with Crippen LogP contribution in [0.2, 0.25) is 5.02 Å². The molecule has 0 radical (unpaired) electrons. The fourth-order valence-electron chi connectivity index (χ4n) is 2.65. The van der Waals surface area contributed by atoms with Crippen molar-refractivity contribution in [3.05, 3.63) is 83.6 Å². The second kappa shape index (κ2) is 9.04. The van der Waals surface area contributed by atoms with Crippen molar-refractivity contribution < 1.29 is 17.7 Å². The fraction of sp³-hybridized carbons (Fsp3) is 0. The summed E-state index contributed by atoms with van der Waals surface area (Å²) in [5.41, 5.74) is 5.97. The first-order valence-corrected chi connectivity index (χ1v) is 11.0. The summed E-state index contributed by atoms with van der Waals surface area (Å²) in [6, 6.07) is 15.2. The molecule has 0 atom stereocenters. The molecule has 0 bridgehead atoms. The van der Waals surface area contributed by atoms with Gasteiger partial charge in [0.05, 0.1) is 10.6 Å². The number of rotatable bonds is 7. The van der Waals surface area contributed by atoms with Crippen LogP contribution < -0.4 is 15.6 Å². The number of amides is 1. The highest BCUT2D eigenvalue weighted by Crippen LogP contribution is 2.20. The molecule has 0 saturated carbocycles. The van der Waals surface area contributed by atoms with Gasteiger partial charge < -0.3 is 4.52 Å². The first kappa shape index (κ1) is 21.3. The minimum atomic E-state index is -3.94. The molecule has 0 aliphatic carbocycles. The standard InChI is InChI=1S/C20H15ClN6O4S/c21-15-4-2-5-16(12-15)27-32(29,30)17-6-1-3-14(11-17)19(28)24-25-20-23-18(26-31-20)13-7-9-22-10-8-13/h1-12,27H,(H,24,28)(H,23,25,26). The summed E-state index contributed by atoms with van der Waals surface area (Å²) in [5, 5.41) is 4.19. The van der Waals surface area contributed by atoms with Crippen LogP contribution in [0.25, 0.3) is 11.4 Å². The molecule has 2 aromatic carbocycles. The van der Waals surface area contributed by atoms with Crippen molar-refractivity contribution >= 4 is 39.2 Å². The highest BCUT2D eigenvalue weighted by atomic mass is 35.5. The maximum Gasteiger partial charge on any atom is 0.340 e. The topological polar surface area (TPSA) is 139 Å². The van der Waals surface area contributed by atoms with Crippen molar-refractivity contribution in [3.63, 3.8) is 0 Å². The predicted molar refractivity (Wildman–Crippen MR) is 117 cm³/mol. The van der Waals surface area contributed by atoms with E-state index in [1.54, 1.807) is 42.7 Å². The van der Waals surface area contributed by atoms with E-state index in [2.05, 4.69) is 30.7 Å². The Kier molecular flexibility index (Phi) is 6.01. The number of hydrogen-bond donors (Lipinski definition) is 3. The van der Waals surface area contributed by atoms with E-state index >= 15 is 0 Å². The van der Waals surface area contributed by atoms with Gasteiger partial charge in [0.1, 0.15) is 0 Å². The van der Waals surface area contributed by atoms with Gasteiger partial charge in [0, 0.05) is 28.5 Å². The minimum absolute atomic E-state index is 0.0449. The molecule has 10 nitrogen and oxygen atoms in total. The third-order valence-electron chi connectivity index (χ3n) is 4.13. The minimum Gasteiger partial charge on any atom is -0.313 e. The lowest BCUT2D eigenvalue weighted by Crippen LogP contribution is -2.29. The van der Waals surface area contributed by atoms with Crippen LogP contribution in [0.15, 0.2) is 82.5 Å². The maximum atomic E-state index is 12.7. The summed E-state index contributed by atoms with van der Waals surface area (Å²) < 4.78 is 32.8. The van der Waals surface area contributed by atoms with E-state index in [1.165, 1.54) is 30.3 Å². The van der Waals surface area contributed by atoms with Crippen molar-refractivity contribution in [1.29, 1.82) is 0 Å². The van der Waals surface area contributed by atoms with E-state index < -0.39 is 15.9 Å². The summed E-state index contributed by atoms with van der Waals surface area (Å²) in [7, 11) is -3.94.